The van der Waals surface area contributed by atoms with E-state index in [-0.39, 0.29) is 43.3 Å². The van der Waals surface area contributed by atoms with Crippen molar-refractivity contribution in [3.8, 4) is 5.75 Å². The molecule has 5 nitrogen and oxygen atoms in total. The Labute approximate surface area is 138 Å². The third kappa shape index (κ3) is 5.38. The predicted molar refractivity (Wildman–Crippen MR) is 81.5 cm³/mol. The molecule has 2 rings (SSSR count). The van der Waals surface area contributed by atoms with Crippen LogP contribution in [0.5, 0.6) is 5.75 Å². The second kappa shape index (κ2) is 8.34. The zero-order valence-electron chi connectivity index (χ0n) is 13.1. The maximum atomic E-state index is 12.7. The van der Waals surface area contributed by atoms with Crippen LogP contribution in [-0.2, 0) is 11.0 Å². The predicted octanol–water partition coefficient (Wildman–Crippen LogP) is 1.42. The Morgan fingerprint density at radius 3 is 2.88 bits per heavy atom. The summed E-state index contributed by atoms with van der Waals surface area (Å²) in [5.41, 5.74) is -0.747. The van der Waals surface area contributed by atoms with Gasteiger partial charge in [-0.15, -0.1) is 0 Å². The minimum atomic E-state index is -4.40. The van der Waals surface area contributed by atoms with Crippen LogP contribution in [0.1, 0.15) is 12.0 Å². The highest BCUT2D eigenvalue weighted by Gasteiger charge is 2.31. The number of piperidine rings is 1. The van der Waals surface area contributed by atoms with E-state index in [1.807, 2.05) is 0 Å². The Bertz CT molecular complexity index is 552. The minimum Gasteiger partial charge on any atom is -0.493 e. The summed E-state index contributed by atoms with van der Waals surface area (Å²) in [4.78, 5) is 11.9. The largest absolute Gasteiger partial charge is 0.493 e. The number of hydrogen-bond donors (Lipinski definition) is 3. The molecule has 1 heterocycles. The van der Waals surface area contributed by atoms with E-state index in [9.17, 15) is 18.0 Å². The van der Waals surface area contributed by atoms with Gasteiger partial charge in [0.05, 0.1) is 24.7 Å². The van der Waals surface area contributed by atoms with Gasteiger partial charge in [0.15, 0.2) is 0 Å². The number of aliphatic hydroxyl groups excluding tert-OH is 1. The SMILES string of the molecule is O=C(NCCO)[C@H]1CNC[C@@H](COc2cccc(C(F)(F)F)c2)C1. The number of nitrogens with one attached hydrogen (secondary N) is 2. The third-order valence-electron chi connectivity index (χ3n) is 3.87. The molecular formula is C16H21F3N2O3. The molecule has 0 aromatic heterocycles. The number of ether oxygens (including phenoxy) is 1. The number of benzene rings is 1. The number of halogens is 3. The molecular weight excluding hydrogens is 325 g/mol. The Hall–Kier alpha value is -1.80. The van der Waals surface area contributed by atoms with Gasteiger partial charge in [-0.05, 0) is 24.6 Å². The van der Waals surface area contributed by atoms with Gasteiger partial charge in [-0.3, -0.25) is 4.79 Å². The van der Waals surface area contributed by atoms with E-state index in [4.69, 9.17) is 9.84 Å². The highest BCUT2D eigenvalue weighted by Crippen LogP contribution is 2.31. The lowest BCUT2D eigenvalue weighted by Gasteiger charge is -2.29. The zero-order valence-corrected chi connectivity index (χ0v) is 13.1. The first kappa shape index (κ1) is 18.5. The van der Waals surface area contributed by atoms with Crippen molar-refractivity contribution >= 4 is 5.91 Å². The first-order valence-corrected chi connectivity index (χ1v) is 7.79. The van der Waals surface area contributed by atoms with Crippen LogP contribution in [0.3, 0.4) is 0 Å². The second-order valence-electron chi connectivity index (χ2n) is 5.81. The molecule has 1 fully saturated rings. The molecule has 1 amide bonds. The van der Waals surface area contributed by atoms with Gasteiger partial charge in [0, 0.05) is 25.6 Å². The normalized spacial score (nSPS) is 21.3. The van der Waals surface area contributed by atoms with Crippen molar-refractivity contribution in [2.75, 3.05) is 32.8 Å². The van der Waals surface area contributed by atoms with Crippen LogP contribution < -0.4 is 15.4 Å². The fraction of sp³-hybridized carbons (Fsp3) is 0.562. The van der Waals surface area contributed by atoms with E-state index in [1.54, 1.807) is 0 Å². The van der Waals surface area contributed by atoms with Gasteiger partial charge >= 0.3 is 6.18 Å². The van der Waals surface area contributed by atoms with Crippen molar-refractivity contribution in [2.24, 2.45) is 11.8 Å². The van der Waals surface area contributed by atoms with Gasteiger partial charge in [-0.2, -0.15) is 13.2 Å². The second-order valence-corrected chi connectivity index (χ2v) is 5.81. The summed E-state index contributed by atoms with van der Waals surface area (Å²) in [5, 5.41) is 14.5. The average molecular weight is 346 g/mol. The molecule has 0 bridgehead atoms. The molecule has 0 radical (unpaired) electrons. The fourth-order valence-electron chi connectivity index (χ4n) is 2.66. The number of alkyl halides is 3. The first-order chi connectivity index (χ1) is 11.4. The van der Waals surface area contributed by atoms with Crippen molar-refractivity contribution in [2.45, 2.75) is 12.6 Å². The average Bonchev–Trinajstić information content (AvgIpc) is 2.57. The lowest BCUT2D eigenvalue weighted by atomic mass is 9.90. The number of carbonyl (C=O) groups is 1. The Morgan fingerprint density at radius 2 is 2.17 bits per heavy atom. The monoisotopic (exact) mass is 346 g/mol. The first-order valence-electron chi connectivity index (χ1n) is 7.79. The summed E-state index contributed by atoms with van der Waals surface area (Å²) in [6.07, 6.45) is -3.81. The summed E-state index contributed by atoms with van der Waals surface area (Å²) in [5.74, 6) is -0.185. The van der Waals surface area contributed by atoms with Gasteiger partial charge in [0.1, 0.15) is 5.75 Å². The molecule has 1 aliphatic heterocycles. The van der Waals surface area contributed by atoms with E-state index in [2.05, 4.69) is 10.6 Å². The number of aliphatic hydroxyl groups is 1. The van der Waals surface area contributed by atoms with Crippen molar-refractivity contribution in [1.29, 1.82) is 0 Å². The summed E-state index contributed by atoms with van der Waals surface area (Å²) >= 11 is 0. The van der Waals surface area contributed by atoms with Crippen LogP contribution in [-0.4, -0.2) is 43.9 Å². The molecule has 0 spiro atoms. The van der Waals surface area contributed by atoms with E-state index >= 15 is 0 Å². The van der Waals surface area contributed by atoms with Crippen LogP contribution in [0.4, 0.5) is 13.2 Å². The summed E-state index contributed by atoms with van der Waals surface area (Å²) in [6, 6.07) is 4.76. The molecule has 3 N–H and O–H groups in total. The van der Waals surface area contributed by atoms with E-state index < -0.39 is 11.7 Å². The quantitative estimate of drug-likeness (QED) is 0.729. The van der Waals surface area contributed by atoms with Crippen molar-refractivity contribution in [3.63, 3.8) is 0 Å². The van der Waals surface area contributed by atoms with E-state index in [0.717, 1.165) is 12.1 Å². The van der Waals surface area contributed by atoms with Gasteiger partial charge in [0.2, 0.25) is 5.91 Å². The number of rotatable bonds is 6. The van der Waals surface area contributed by atoms with Crippen molar-refractivity contribution in [3.05, 3.63) is 29.8 Å². The molecule has 8 heteroatoms. The molecule has 0 unspecified atom stereocenters. The van der Waals surface area contributed by atoms with Crippen LogP contribution in [0.2, 0.25) is 0 Å². The minimum absolute atomic E-state index is 0.0261. The van der Waals surface area contributed by atoms with Crippen LogP contribution in [0.25, 0.3) is 0 Å². The molecule has 0 saturated carbocycles. The number of amides is 1. The Morgan fingerprint density at radius 1 is 1.38 bits per heavy atom. The van der Waals surface area contributed by atoms with Crippen molar-refractivity contribution < 1.29 is 27.8 Å². The smallest absolute Gasteiger partial charge is 0.416 e. The number of carbonyl (C=O) groups excluding carboxylic acids is 1. The molecule has 24 heavy (non-hydrogen) atoms. The molecule has 2 atom stereocenters. The standard InChI is InChI=1S/C16H21F3N2O3/c17-16(18,19)13-2-1-3-14(7-13)24-10-11-6-12(9-20-8-11)15(23)21-4-5-22/h1-3,7,11-12,20,22H,4-6,8-10H2,(H,21,23)/t11-,12+/m0/s1. The number of hydrogen-bond acceptors (Lipinski definition) is 4. The van der Waals surface area contributed by atoms with Gasteiger partial charge in [-0.1, -0.05) is 6.07 Å². The van der Waals surface area contributed by atoms with Gasteiger partial charge in [0.25, 0.3) is 0 Å². The molecule has 1 aliphatic rings. The Balaban J connectivity index is 1.87. The molecule has 134 valence electrons. The lowest BCUT2D eigenvalue weighted by molar-refractivity contribution is -0.137. The van der Waals surface area contributed by atoms with Crippen LogP contribution >= 0.6 is 0 Å². The summed E-state index contributed by atoms with van der Waals surface area (Å²) < 4.78 is 43.5. The third-order valence-corrected chi connectivity index (χ3v) is 3.87. The Kier molecular flexibility index (Phi) is 6.44. The zero-order chi connectivity index (χ0) is 17.6. The lowest BCUT2D eigenvalue weighted by Crippen LogP contribution is -2.45. The van der Waals surface area contributed by atoms with Crippen LogP contribution in [0.15, 0.2) is 24.3 Å². The topological polar surface area (TPSA) is 70.6 Å². The molecule has 1 aromatic rings. The maximum absolute atomic E-state index is 12.7. The van der Waals surface area contributed by atoms with Crippen LogP contribution in [0, 0.1) is 11.8 Å². The summed E-state index contributed by atoms with van der Waals surface area (Å²) in [7, 11) is 0. The highest BCUT2D eigenvalue weighted by molar-refractivity contribution is 5.79. The van der Waals surface area contributed by atoms with Crippen molar-refractivity contribution in [1.82, 2.24) is 10.6 Å². The summed E-state index contributed by atoms with van der Waals surface area (Å²) in [6.45, 7) is 1.51. The van der Waals surface area contributed by atoms with E-state index in [0.29, 0.717) is 19.5 Å². The molecule has 1 saturated heterocycles. The fourth-order valence-corrected chi connectivity index (χ4v) is 2.66. The molecule has 0 aliphatic carbocycles. The highest BCUT2D eigenvalue weighted by atomic mass is 19.4. The molecule has 1 aromatic carbocycles. The van der Waals surface area contributed by atoms with Gasteiger partial charge in [-0.25, -0.2) is 0 Å². The maximum Gasteiger partial charge on any atom is 0.416 e. The van der Waals surface area contributed by atoms with Gasteiger partial charge < -0.3 is 20.5 Å². The van der Waals surface area contributed by atoms with E-state index in [1.165, 1.54) is 12.1 Å².